The van der Waals surface area contributed by atoms with Crippen molar-refractivity contribution >= 4 is 29.0 Å². The topological polar surface area (TPSA) is 80.1 Å². The predicted molar refractivity (Wildman–Crippen MR) is 82.9 cm³/mol. The van der Waals surface area contributed by atoms with E-state index in [1.807, 2.05) is 22.7 Å². The maximum atomic E-state index is 12.5. The highest BCUT2D eigenvalue weighted by Crippen LogP contribution is 2.25. The Morgan fingerprint density at radius 1 is 1.45 bits per heavy atom. The summed E-state index contributed by atoms with van der Waals surface area (Å²) in [6.07, 6.45) is 2.69. The molecule has 2 aromatic heterocycles. The summed E-state index contributed by atoms with van der Waals surface area (Å²) in [7, 11) is 0. The summed E-state index contributed by atoms with van der Waals surface area (Å²) in [4.78, 5) is 30.2. The van der Waals surface area contributed by atoms with Gasteiger partial charge in [0, 0.05) is 32.3 Å². The van der Waals surface area contributed by atoms with Crippen LogP contribution in [0.25, 0.3) is 0 Å². The Morgan fingerprint density at radius 3 is 2.95 bits per heavy atom. The van der Waals surface area contributed by atoms with Crippen molar-refractivity contribution in [2.45, 2.75) is 26.3 Å². The quantitative estimate of drug-likeness (QED) is 0.933. The second-order valence-electron chi connectivity index (χ2n) is 5.32. The molecule has 3 heterocycles. The van der Waals surface area contributed by atoms with Crippen LogP contribution in [0.15, 0.2) is 17.8 Å². The molecule has 0 aliphatic carbocycles. The van der Waals surface area contributed by atoms with E-state index < -0.39 is 0 Å². The molecule has 22 heavy (non-hydrogen) atoms. The average Bonchev–Trinajstić information content (AvgIpc) is 3.16. The van der Waals surface area contributed by atoms with Crippen molar-refractivity contribution in [3.63, 3.8) is 0 Å². The van der Waals surface area contributed by atoms with Gasteiger partial charge in [0.2, 0.25) is 5.91 Å². The molecule has 0 aromatic carbocycles. The number of aryl methyl sites for hydroxylation is 1. The van der Waals surface area contributed by atoms with Crippen molar-refractivity contribution < 1.29 is 9.59 Å². The lowest BCUT2D eigenvalue weighted by Crippen LogP contribution is -2.29. The monoisotopic (exact) mass is 319 g/mol. The highest BCUT2D eigenvalue weighted by atomic mass is 32.1. The number of thiazole rings is 1. The molecule has 0 spiro atoms. The molecule has 1 fully saturated rings. The molecule has 1 N–H and O–H groups in total. The molecule has 1 atom stereocenters. The van der Waals surface area contributed by atoms with Crippen molar-refractivity contribution in [1.82, 2.24) is 19.7 Å². The third-order valence-electron chi connectivity index (χ3n) is 3.68. The van der Waals surface area contributed by atoms with E-state index in [4.69, 9.17) is 0 Å². The van der Waals surface area contributed by atoms with Gasteiger partial charge in [-0.1, -0.05) is 0 Å². The molecule has 1 unspecified atom stereocenters. The van der Waals surface area contributed by atoms with Gasteiger partial charge in [-0.05, 0) is 13.3 Å². The zero-order valence-electron chi connectivity index (χ0n) is 12.4. The van der Waals surface area contributed by atoms with Crippen molar-refractivity contribution in [2.75, 3.05) is 18.4 Å². The van der Waals surface area contributed by atoms with Gasteiger partial charge in [-0.2, -0.15) is 5.10 Å². The fraction of sp³-hybridized carbons (Fsp3) is 0.429. The molecule has 116 valence electrons. The molecule has 7 nitrogen and oxygen atoms in total. The summed E-state index contributed by atoms with van der Waals surface area (Å²) in [5, 5.41) is 7.00. The minimum atomic E-state index is -0.144. The predicted octanol–water partition coefficient (Wildman–Crippen LogP) is 1.69. The molecule has 1 aliphatic rings. The first-order valence-electron chi connectivity index (χ1n) is 7.06. The number of hydrogen-bond donors (Lipinski definition) is 1. The first-order valence-corrected chi connectivity index (χ1v) is 7.94. The van der Waals surface area contributed by atoms with Crippen LogP contribution in [0.1, 0.15) is 34.8 Å². The van der Waals surface area contributed by atoms with Gasteiger partial charge < -0.3 is 10.2 Å². The van der Waals surface area contributed by atoms with Crippen LogP contribution in [-0.4, -0.2) is 44.6 Å². The van der Waals surface area contributed by atoms with Gasteiger partial charge in [-0.25, -0.2) is 4.98 Å². The largest absolute Gasteiger partial charge is 0.336 e. The number of carbonyl (C=O) groups is 2. The average molecular weight is 319 g/mol. The maximum Gasteiger partial charge on any atom is 0.265 e. The van der Waals surface area contributed by atoms with Crippen LogP contribution in [0.2, 0.25) is 0 Å². The molecule has 2 amide bonds. The molecule has 0 bridgehead atoms. The molecular formula is C14H17N5O2S. The number of likely N-dealkylation sites (tertiary alicyclic amines) is 1. The van der Waals surface area contributed by atoms with Crippen molar-refractivity contribution in [3.05, 3.63) is 28.3 Å². The van der Waals surface area contributed by atoms with E-state index in [1.54, 1.807) is 11.6 Å². The Labute approximate surface area is 132 Å². The lowest BCUT2D eigenvalue weighted by Gasteiger charge is -2.16. The summed E-state index contributed by atoms with van der Waals surface area (Å²) < 4.78 is 1.82. The second kappa shape index (κ2) is 5.88. The van der Waals surface area contributed by atoms with Crippen LogP contribution in [0.4, 0.5) is 5.82 Å². The minimum Gasteiger partial charge on any atom is -0.336 e. The zero-order valence-corrected chi connectivity index (χ0v) is 13.3. The summed E-state index contributed by atoms with van der Waals surface area (Å²) in [6, 6.07) is 1.90. The Kier molecular flexibility index (Phi) is 3.93. The highest BCUT2D eigenvalue weighted by Gasteiger charge is 2.30. The van der Waals surface area contributed by atoms with Gasteiger partial charge in [0.1, 0.15) is 4.88 Å². The molecule has 3 rings (SSSR count). The number of hydrogen-bond acceptors (Lipinski definition) is 5. The van der Waals surface area contributed by atoms with Crippen LogP contribution in [0, 0.1) is 6.92 Å². The Morgan fingerprint density at radius 2 is 2.27 bits per heavy atom. The lowest BCUT2D eigenvalue weighted by atomic mass is 10.3. The van der Waals surface area contributed by atoms with E-state index in [-0.39, 0.29) is 17.9 Å². The Bertz CT molecular complexity index is 708. The van der Waals surface area contributed by atoms with Gasteiger partial charge in [-0.15, -0.1) is 11.3 Å². The summed E-state index contributed by atoms with van der Waals surface area (Å²) in [5.74, 6) is 0.432. The second-order valence-corrected chi connectivity index (χ2v) is 6.18. The van der Waals surface area contributed by atoms with Crippen LogP contribution in [-0.2, 0) is 4.79 Å². The number of amides is 2. The number of nitrogens with one attached hydrogen (secondary N) is 1. The summed E-state index contributed by atoms with van der Waals surface area (Å²) in [5.41, 5.74) is 2.48. The van der Waals surface area contributed by atoms with Crippen LogP contribution in [0.3, 0.4) is 0 Å². The van der Waals surface area contributed by atoms with Crippen molar-refractivity contribution in [3.8, 4) is 0 Å². The molecule has 1 saturated heterocycles. The van der Waals surface area contributed by atoms with Gasteiger partial charge in [0.15, 0.2) is 5.82 Å². The molecule has 0 radical (unpaired) electrons. The first-order chi connectivity index (χ1) is 10.5. The number of aromatic nitrogens is 3. The number of anilines is 1. The van der Waals surface area contributed by atoms with Gasteiger partial charge in [-0.3, -0.25) is 14.3 Å². The smallest absolute Gasteiger partial charge is 0.265 e. The molecule has 0 saturated carbocycles. The van der Waals surface area contributed by atoms with Crippen LogP contribution >= 0.6 is 11.3 Å². The van der Waals surface area contributed by atoms with Crippen molar-refractivity contribution in [2.24, 2.45) is 0 Å². The number of nitrogens with zero attached hydrogens (tertiary/aromatic N) is 4. The first kappa shape index (κ1) is 14.7. The van der Waals surface area contributed by atoms with Crippen LogP contribution in [0.5, 0.6) is 0 Å². The van der Waals surface area contributed by atoms with Crippen molar-refractivity contribution in [1.29, 1.82) is 0 Å². The normalized spacial score (nSPS) is 17.7. The van der Waals surface area contributed by atoms with E-state index in [0.29, 0.717) is 23.8 Å². The zero-order chi connectivity index (χ0) is 15.7. The molecule has 8 heteroatoms. The minimum absolute atomic E-state index is 0.0386. The Balaban J connectivity index is 1.67. The maximum absolute atomic E-state index is 12.5. The summed E-state index contributed by atoms with van der Waals surface area (Å²) >= 11 is 1.38. The standard InChI is InChI=1S/C14H17N5O2S/c1-9-13(22-8-15-9)14(21)18-5-3-11(7-18)19-6-4-12(17-19)16-10(2)20/h4,6,8,11H,3,5,7H2,1-2H3,(H,16,17,20). The van der Waals surface area contributed by atoms with E-state index in [1.165, 1.54) is 18.3 Å². The molecule has 1 aliphatic heterocycles. The third kappa shape index (κ3) is 2.87. The van der Waals surface area contributed by atoms with Gasteiger partial charge in [0.05, 0.1) is 17.2 Å². The van der Waals surface area contributed by atoms with Crippen LogP contribution < -0.4 is 5.32 Å². The lowest BCUT2D eigenvalue weighted by molar-refractivity contribution is -0.114. The van der Waals surface area contributed by atoms with E-state index in [0.717, 1.165) is 12.1 Å². The van der Waals surface area contributed by atoms with E-state index in [9.17, 15) is 9.59 Å². The van der Waals surface area contributed by atoms with E-state index in [2.05, 4.69) is 15.4 Å². The number of rotatable bonds is 3. The number of carbonyl (C=O) groups excluding carboxylic acids is 2. The highest BCUT2D eigenvalue weighted by molar-refractivity contribution is 7.11. The fourth-order valence-corrected chi connectivity index (χ4v) is 3.35. The fourth-order valence-electron chi connectivity index (χ4n) is 2.58. The van der Waals surface area contributed by atoms with E-state index >= 15 is 0 Å². The van der Waals surface area contributed by atoms with Gasteiger partial charge in [0.25, 0.3) is 5.91 Å². The molecular weight excluding hydrogens is 302 g/mol. The molecule has 2 aromatic rings. The summed E-state index contributed by atoms with van der Waals surface area (Å²) in [6.45, 7) is 4.63. The van der Waals surface area contributed by atoms with Gasteiger partial charge >= 0.3 is 0 Å². The SMILES string of the molecule is CC(=O)Nc1ccn(C2CCN(C(=O)c3scnc3C)C2)n1. The Hall–Kier alpha value is -2.22. The third-order valence-corrected chi connectivity index (χ3v) is 4.59.